The monoisotopic (exact) mass is 329 g/mol. The molecule has 106 valence electrons. The molecule has 0 radical (unpaired) electrons. The molecule has 1 unspecified atom stereocenters. The van der Waals surface area contributed by atoms with Gasteiger partial charge in [-0.15, -0.1) is 0 Å². The van der Waals surface area contributed by atoms with Gasteiger partial charge in [0.15, 0.2) is 5.75 Å². The lowest BCUT2D eigenvalue weighted by Crippen LogP contribution is -2.12. The number of nitrogens with zero attached hydrogens (tertiary/aromatic N) is 1. The lowest BCUT2D eigenvalue weighted by molar-refractivity contribution is -0.386. The molecule has 19 heavy (non-hydrogen) atoms. The Morgan fingerprint density at radius 1 is 1.37 bits per heavy atom. The average molecular weight is 330 g/mol. The molecule has 4 nitrogen and oxygen atoms in total. The van der Waals surface area contributed by atoms with Gasteiger partial charge in [0.25, 0.3) is 0 Å². The standard InChI is InChI=1S/C14H20BrNO3/c1-3-4-5-6-7-11(2)19-14-9-8-12(15)10-13(14)16(17)18/h8-11H,3-7H2,1-2H3. The van der Waals surface area contributed by atoms with Gasteiger partial charge < -0.3 is 4.74 Å². The molecule has 0 spiro atoms. The van der Waals surface area contributed by atoms with E-state index in [1.54, 1.807) is 12.1 Å². The summed E-state index contributed by atoms with van der Waals surface area (Å²) in [5.41, 5.74) is 0.00906. The van der Waals surface area contributed by atoms with Crippen molar-refractivity contribution in [1.82, 2.24) is 0 Å². The van der Waals surface area contributed by atoms with Crippen LogP contribution in [0.1, 0.15) is 46.0 Å². The topological polar surface area (TPSA) is 52.4 Å². The zero-order chi connectivity index (χ0) is 14.3. The Balaban J connectivity index is 2.58. The number of hydrogen-bond donors (Lipinski definition) is 0. The van der Waals surface area contributed by atoms with Gasteiger partial charge in [-0.2, -0.15) is 0 Å². The van der Waals surface area contributed by atoms with E-state index in [9.17, 15) is 10.1 Å². The molecule has 5 heteroatoms. The predicted molar refractivity (Wildman–Crippen MR) is 79.6 cm³/mol. The van der Waals surface area contributed by atoms with Crippen LogP contribution in [0.3, 0.4) is 0 Å². The van der Waals surface area contributed by atoms with Crippen molar-refractivity contribution in [3.8, 4) is 5.75 Å². The Hall–Kier alpha value is -1.10. The van der Waals surface area contributed by atoms with Crippen LogP contribution < -0.4 is 4.74 Å². The van der Waals surface area contributed by atoms with Crippen LogP contribution in [0.15, 0.2) is 22.7 Å². The van der Waals surface area contributed by atoms with Crippen LogP contribution in [0, 0.1) is 10.1 Å². The number of nitro benzene ring substituents is 1. The van der Waals surface area contributed by atoms with Crippen molar-refractivity contribution >= 4 is 21.6 Å². The highest BCUT2D eigenvalue weighted by molar-refractivity contribution is 9.10. The van der Waals surface area contributed by atoms with Crippen LogP contribution in [0.4, 0.5) is 5.69 Å². The highest BCUT2D eigenvalue weighted by Gasteiger charge is 2.17. The number of halogens is 1. The summed E-state index contributed by atoms with van der Waals surface area (Å²) in [5, 5.41) is 11.0. The van der Waals surface area contributed by atoms with E-state index in [0.717, 1.165) is 12.8 Å². The summed E-state index contributed by atoms with van der Waals surface area (Å²) in [6.07, 6.45) is 5.63. The first-order chi connectivity index (χ1) is 9.04. The second-order valence-electron chi connectivity index (χ2n) is 4.65. The third-order valence-corrected chi connectivity index (χ3v) is 3.40. The Labute approximate surface area is 122 Å². The number of nitro groups is 1. The van der Waals surface area contributed by atoms with Crippen LogP contribution in [0.25, 0.3) is 0 Å². The second kappa shape index (κ2) is 8.15. The minimum atomic E-state index is -0.413. The Morgan fingerprint density at radius 2 is 2.11 bits per heavy atom. The summed E-state index contributed by atoms with van der Waals surface area (Å²) in [4.78, 5) is 10.5. The molecule has 0 heterocycles. The predicted octanol–water partition coefficient (Wildman–Crippen LogP) is 5.10. The van der Waals surface area contributed by atoms with Gasteiger partial charge in [0.05, 0.1) is 11.0 Å². The molecule has 1 rings (SSSR count). The third-order valence-electron chi connectivity index (χ3n) is 2.91. The maximum Gasteiger partial charge on any atom is 0.312 e. The van der Waals surface area contributed by atoms with Crippen molar-refractivity contribution in [1.29, 1.82) is 0 Å². The molecule has 1 atom stereocenters. The fraction of sp³-hybridized carbons (Fsp3) is 0.571. The van der Waals surface area contributed by atoms with Crippen molar-refractivity contribution in [3.05, 3.63) is 32.8 Å². The summed E-state index contributed by atoms with van der Waals surface area (Å²) >= 11 is 3.23. The van der Waals surface area contributed by atoms with Crippen LogP contribution in [0.2, 0.25) is 0 Å². The molecule has 0 aromatic heterocycles. The molecule has 0 fully saturated rings. The summed E-state index contributed by atoms with van der Waals surface area (Å²) in [5.74, 6) is 0.344. The molecule has 0 bridgehead atoms. The van der Waals surface area contributed by atoms with Crippen LogP contribution >= 0.6 is 15.9 Å². The maximum absolute atomic E-state index is 11.0. The number of unbranched alkanes of at least 4 members (excludes halogenated alkanes) is 3. The molecule has 0 saturated carbocycles. The fourth-order valence-corrected chi connectivity index (χ4v) is 2.22. The molecular weight excluding hydrogens is 310 g/mol. The van der Waals surface area contributed by atoms with Crippen molar-refractivity contribution in [3.63, 3.8) is 0 Å². The van der Waals surface area contributed by atoms with E-state index in [-0.39, 0.29) is 11.8 Å². The van der Waals surface area contributed by atoms with Gasteiger partial charge in [-0.3, -0.25) is 10.1 Å². The number of rotatable bonds is 8. The summed E-state index contributed by atoms with van der Waals surface area (Å²) in [6, 6.07) is 4.87. The van der Waals surface area contributed by atoms with E-state index < -0.39 is 4.92 Å². The normalized spacial score (nSPS) is 12.2. The molecule has 0 aliphatic heterocycles. The molecule has 0 N–H and O–H groups in total. The highest BCUT2D eigenvalue weighted by atomic mass is 79.9. The van der Waals surface area contributed by atoms with Gasteiger partial charge >= 0.3 is 5.69 Å². The number of hydrogen-bond acceptors (Lipinski definition) is 3. The lowest BCUT2D eigenvalue weighted by Gasteiger charge is -2.14. The SMILES string of the molecule is CCCCCCC(C)Oc1ccc(Br)cc1[N+](=O)[O-]. The molecule has 0 aliphatic rings. The molecule has 0 saturated heterocycles. The fourth-order valence-electron chi connectivity index (χ4n) is 1.87. The van der Waals surface area contributed by atoms with Gasteiger partial charge in [-0.05, 0) is 31.9 Å². The van der Waals surface area contributed by atoms with Crippen LogP contribution in [0.5, 0.6) is 5.75 Å². The van der Waals surface area contributed by atoms with Gasteiger partial charge in [0.1, 0.15) is 0 Å². The summed E-state index contributed by atoms with van der Waals surface area (Å²) in [7, 11) is 0. The first-order valence-corrected chi connectivity index (χ1v) is 7.44. The van der Waals surface area contributed by atoms with E-state index in [1.807, 2.05) is 6.92 Å². The van der Waals surface area contributed by atoms with Crippen molar-refractivity contribution in [2.75, 3.05) is 0 Å². The number of ether oxygens (including phenoxy) is 1. The van der Waals surface area contributed by atoms with Crippen LogP contribution in [-0.2, 0) is 0 Å². The average Bonchev–Trinajstić information content (AvgIpc) is 2.36. The van der Waals surface area contributed by atoms with Crippen molar-refractivity contribution in [2.45, 2.75) is 52.1 Å². The minimum absolute atomic E-state index is 0.00303. The van der Waals surface area contributed by atoms with Crippen molar-refractivity contribution in [2.24, 2.45) is 0 Å². The van der Waals surface area contributed by atoms with E-state index in [2.05, 4.69) is 22.9 Å². The summed E-state index contributed by atoms with van der Waals surface area (Å²) in [6.45, 7) is 4.13. The van der Waals surface area contributed by atoms with Gasteiger partial charge in [-0.1, -0.05) is 42.1 Å². The van der Waals surface area contributed by atoms with E-state index in [0.29, 0.717) is 10.2 Å². The third kappa shape index (κ3) is 5.59. The molecule has 1 aromatic carbocycles. The highest BCUT2D eigenvalue weighted by Crippen LogP contribution is 2.31. The second-order valence-corrected chi connectivity index (χ2v) is 5.56. The molecule has 0 aliphatic carbocycles. The van der Waals surface area contributed by atoms with E-state index in [1.165, 1.54) is 25.3 Å². The van der Waals surface area contributed by atoms with Gasteiger partial charge in [0, 0.05) is 10.5 Å². The number of benzene rings is 1. The molecular formula is C14H20BrNO3. The zero-order valence-corrected chi connectivity index (χ0v) is 13.0. The first kappa shape index (κ1) is 16.0. The minimum Gasteiger partial charge on any atom is -0.484 e. The summed E-state index contributed by atoms with van der Waals surface area (Å²) < 4.78 is 6.36. The van der Waals surface area contributed by atoms with Gasteiger partial charge in [-0.25, -0.2) is 0 Å². The first-order valence-electron chi connectivity index (χ1n) is 6.65. The smallest absolute Gasteiger partial charge is 0.312 e. The quantitative estimate of drug-likeness (QED) is 0.379. The van der Waals surface area contributed by atoms with Crippen molar-refractivity contribution < 1.29 is 9.66 Å². The maximum atomic E-state index is 11.0. The van der Waals surface area contributed by atoms with Gasteiger partial charge in [0.2, 0.25) is 0 Å². The Bertz CT molecular complexity index is 423. The zero-order valence-electron chi connectivity index (χ0n) is 11.4. The van der Waals surface area contributed by atoms with Crippen LogP contribution in [-0.4, -0.2) is 11.0 Å². The Morgan fingerprint density at radius 3 is 2.74 bits per heavy atom. The molecule has 0 amide bonds. The lowest BCUT2D eigenvalue weighted by atomic mass is 10.1. The van der Waals surface area contributed by atoms with E-state index in [4.69, 9.17) is 4.74 Å². The largest absolute Gasteiger partial charge is 0.484 e. The molecule has 1 aromatic rings. The van der Waals surface area contributed by atoms with E-state index >= 15 is 0 Å². The Kier molecular flexibility index (Phi) is 6.84.